The summed E-state index contributed by atoms with van der Waals surface area (Å²) in [6.45, 7) is 0.812. The predicted molar refractivity (Wildman–Crippen MR) is 91.5 cm³/mol. The molecule has 3 rings (SSSR count). The molecular weight excluding hydrogens is 276 g/mol. The Morgan fingerprint density at radius 2 is 1.48 bits per heavy atom. The maximum Gasteiger partial charge on any atom is 0.166 e. The third kappa shape index (κ3) is 4.05. The summed E-state index contributed by atoms with van der Waals surface area (Å²) in [5.74, 6) is 0.311. The van der Waals surface area contributed by atoms with Crippen molar-refractivity contribution in [2.24, 2.45) is 0 Å². The van der Waals surface area contributed by atoms with E-state index in [9.17, 15) is 0 Å². The monoisotopic (exact) mass is 296 g/mol. The molecule has 2 N–H and O–H groups in total. The summed E-state index contributed by atoms with van der Waals surface area (Å²) in [5.41, 5.74) is 2.62. The van der Waals surface area contributed by atoms with Gasteiger partial charge in [0.05, 0.1) is 0 Å². The molecule has 21 heavy (non-hydrogen) atoms. The summed E-state index contributed by atoms with van der Waals surface area (Å²) in [5, 5.41) is 7.48. The van der Waals surface area contributed by atoms with Crippen molar-refractivity contribution in [3.63, 3.8) is 0 Å². The van der Waals surface area contributed by atoms with Gasteiger partial charge in [-0.25, -0.2) is 0 Å². The van der Waals surface area contributed by atoms with E-state index < -0.39 is 0 Å². The highest BCUT2D eigenvalue weighted by Crippen LogP contribution is 2.24. The average Bonchev–Trinajstić information content (AvgIpc) is 3.33. The second kappa shape index (κ2) is 6.72. The van der Waals surface area contributed by atoms with E-state index in [2.05, 4.69) is 71.3 Å². The molecule has 0 atom stereocenters. The molecule has 0 bridgehead atoms. The van der Waals surface area contributed by atoms with Gasteiger partial charge in [0.1, 0.15) is 0 Å². The van der Waals surface area contributed by atoms with Crippen LogP contribution in [0.1, 0.15) is 29.9 Å². The predicted octanol–water partition coefficient (Wildman–Crippen LogP) is 3.45. The molecule has 2 aromatic rings. The summed E-state index contributed by atoms with van der Waals surface area (Å²) >= 11 is 5.37. The molecule has 1 aliphatic carbocycles. The second-order valence-corrected chi connectivity index (χ2v) is 5.91. The number of hydrogen-bond donors (Lipinski definition) is 2. The van der Waals surface area contributed by atoms with Gasteiger partial charge >= 0.3 is 0 Å². The van der Waals surface area contributed by atoms with Gasteiger partial charge in [-0.1, -0.05) is 60.7 Å². The molecule has 1 aliphatic rings. The Hall–Kier alpha value is -1.87. The standard InChI is InChI=1S/C18H20N2S/c21-18(20-16-11-12-16)19-13-17(14-7-3-1-4-8-14)15-9-5-2-6-10-15/h1-10,16-17H,11-13H2,(H2,19,20,21). The first kappa shape index (κ1) is 14.1. The van der Waals surface area contributed by atoms with Gasteiger partial charge in [-0.3, -0.25) is 0 Å². The minimum atomic E-state index is 0.311. The minimum Gasteiger partial charge on any atom is -0.362 e. The summed E-state index contributed by atoms with van der Waals surface area (Å²) in [6.07, 6.45) is 2.48. The Balaban J connectivity index is 1.71. The lowest BCUT2D eigenvalue weighted by Crippen LogP contribution is -2.38. The molecule has 1 saturated carbocycles. The highest BCUT2D eigenvalue weighted by molar-refractivity contribution is 7.80. The van der Waals surface area contributed by atoms with E-state index in [1.807, 2.05) is 0 Å². The Morgan fingerprint density at radius 3 is 1.95 bits per heavy atom. The fourth-order valence-electron chi connectivity index (χ4n) is 2.46. The van der Waals surface area contributed by atoms with Gasteiger partial charge in [0.2, 0.25) is 0 Å². The van der Waals surface area contributed by atoms with Crippen molar-refractivity contribution >= 4 is 17.3 Å². The smallest absolute Gasteiger partial charge is 0.166 e. The molecule has 0 aliphatic heterocycles. The fraction of sp³-hybridized carbons (Fsp3) is 0.278. The lowest BCUT2D eigenvalue weighted by molar-refractivity contribution is 0.738. The number of benzene rings is 2. The first-order valence-corrected chi connectivity index (χ1v) is 7.88. The van der Waals surface area contributed by atoms with Crippen molar-refractivity contribution in [3.05, 3.63) is 71.8 Å². The zero-order chi connectivity index (χ0) is 14.5. The molecule has 0 radical (unpaired) electrons. The van der Waals surface area contributed by atoms with Crippen LogP contribution in [0.2, 0.25) is 0 Å². The molecule has 2 aromatic carbocycles. The van der Waals surface area contributed by atoms with Crippen LogP contribution in [0.25, 0.3) is 0 Å². The van der Waals surface area contributed by atoms with E-state index in [1.165, 1.54) is 24.0 Å². The van der Waals surface area contributed by atoms with Gasteiger partial charge in [0.25, 0.3) is 0 Å². The highest BCUT2D eigenvalue weighted by atomic mass is 32.1. The van der Waals surface area contributed by atoms with Gasteiger partial charge in [-0.2, -0.15) is 0 Å². The van der Waals surface area contributed by atoms with E-state index >= 15 is 0 Å². The quantitative estimate of drug-likeness (QED) is 0.827. The van der Waals surface area contributed by atoms with Crippen molar-refractivity contribution in [2.45, 2.75) is 24.8 Å². The summed E-state index contributed by atoms with van der Waals surface area (Å²) in [6, 6.07) is 21.8. The first-order valence-electron chi connectivity index (χ1n) is 7.47. The van der Waals surface area contributed by atoms with Crippen LogP contribution < -0.4 is 10.6 Å². The first-order chi connectivity index (χ1) is 10.3. The third-order valence-corrected chi connectivity index (χ3v) is 4.05. The zero-order valence-electron chi connectivity index (χ0n) is 12.0. The summed E-state index contributed by atoms with van der Waals surface area (Å²) in [4.78, 5) is 0. The number of rotatable bonds is 5. The zero-order valence-corrected chi connectivity index (χ0v) is 12.8. The Labute approximate surface area is 131 Å². The van der Waals surface area contributed by atoms with Crippen LogP contribution in [0.5, 0.6) is 0 Å². The van der Waals surface area contributed by atoms with E-state index in [0.717, 1.165) is 11.7 Å². The van der Waals surface area contributed by atoms with Crippen molar-refractivity contribution in [3.8, 4) is 0 Å². The number of nitrogens with one attached hydrogen (secondary N) is 2. The largest absolute Gasteiger partial charge is 0.362 e. The Bertz CT molecular complexity index is 539. The van der Waals surface area contributed by atoms with Crippen LogP contribution in [0.4, 0.5) is 0 Å². The maximum absolute atomic E-state index is 5.37. The molecule has 0 spiro atoms. The van der Waals surface area contributed by atoms with E-state index in [0.29, 0.717) is 12.0 Å². The van der Waals surface area contributed by atoms with Crippen molar-refractivity contribution < 1.29 is 0 Å². The molecule has 1 fully saturated rings. The molecule has 0 unspecified atom stereocenters. The topological polar surface area (TPSA) is 24.1 Å². The lowest BCUT2D eigenvalue weighted by Gasteiger charge is -2.20. The molecule has 0 amide bonds. The van der Waals surface area contributed by atoms with E-state index in [-0.39, 0.29) is 0 Å². The van der Waals surface area contributed by atoms with Crippen molar-refractivity contribution in [1.82, 2.24) is 10.6 Å². The Kier molecular flexibility index (Phi) is 4.51. The molecule has 0 heterocycles. The molecule has 2 nitrogen and oxygen atoms in total. The van der Waals surface area contributed by atoms with Gasteiger partial charge < -0.3 is 10.6 Å². The third-order valence-electron chi connectivity index (χ3n) is 3.78. The highest BCUT2D eigenvalue weighted by Gasteiger charge is 2.22. The normalized spacial score (nSPS) is 14.0. The van der Waals surface area contributed by atoms with Crippen molar-refractivity contribution in [2.75, 3.05) is 6.54 Å². The minimum absolute atomic E-state index is 0.311. The van der Waals surface area contributed by atoms with Crippen LogP contribution in [0.15, 0.2) is 60.7 Å². The van der Waals surface area contributed by atoms with Gasteiger partial charge in [-0.05, 0) is 36.2 Å². The Morgan fingerprint density at radius 1 is 0.952 bits per heavy atom. The van der Waals surface area contributed by atoms with Crippen LogP contribution >= 0.6 is 12.2 Å². The van der Waals surface area contributed by atoms with Gasteiger partial charge in [0, 0.05) is 18.5 Å². The molecule has 0 aromatic heterocycles. The van der Waals surface area contributed by atoms with Crippen LogP contribution in [0.3, 0.4) is 0 Å². The fourth-order valence-corrected chi connectivity index (χ4v) is 2.71. The maximum atomic E-state index is 5.37. The number of hydrogen-bond acceptors (Lipinski definition) is 1. The second-order valence-electron chi connectivity index (χ2n) is 5.50. The van der Waals surface area contributed by atoms with Crippen molar-refractivity contribution in [1.29, 1.82) is 0 Å². The molecule has 3 heteroatoms. The molecule has 108 valence electrons. The van der Waals surface area contributed by atoms with E-state index in [4.69, 9.17) is 12.2 Å². The van der Waals surface area contributed by atoms with Crippen LogP contribution in [-0.4, -0.2) is 17.7 Å². The average molecular weight is 296 g/mol. The molecule has 0 saturated heterocycles. The van der Waals surface area contributed by atoms with Gasteiger partial charge in [0.15, 0.2) is 5.11 Å². The summed E-state index contributed by atoms with van der Waals surface area (Å²) < 4.78 is 0. The van der Waals surface area contributed by atoms with Crippen LogP contribution in [-0.2, 0) is 0 Å². The molecular formula is C18H20N2S. The van der Waals surface area contributed by atoms with Crippen LogP contribution in [0, 0.1) is 0 Å². The van der Waals surface area contributed by atoms with Gasteiger partial charge in [-0.15, -0.1) is 0 Å². The van der Waals surface area contributed by atoms with E-state index in [1.54, 1.807) is 0 Å². The number of thiocarbonyl (C=S) groups is 1. The lowest BCUT2D eigenvalue weighted by atomic mass is 9.91. The summed E-state index contributed by atoms with van der Waals surface area (Å²) in [7, 11) is 0. The SMILES string of the molecule is S=C(NCC(c1ccccc1)c1ccccc1)NC1CC1.